The normalized spacial score (nSPS) is 17.8. The quantitative estimate of drug-likeness (QED) is 0.855. The second kappa shape index (κ2) is 7.92. The molecule has 4 rings (SSSR count). The van der Waals surface area contributed by atoms with Crippen molar-refractivity contribution >= 4 is 17.5 Å². The maximum absolute atomic E-state index is 11.9. The molecule has 2 fully saturated rings. The highest BCUT2D eigenvalue weighted by atomic mass is 16.1. The number of piperazine rings is 1. The van der Waals surface area contributed by atoms with Crippen LogP contribution in [0, 0.1) is 0 Å². The van der Waals surface area contributed by atoms with Gasteiger partial charge in [0.25, 0.3) is 0 Å². The number of rotatable bonds is 4. The molecular weight excluding hydrogens is 340 g/mol. The van der Waals surface area contributed by atoms with Gasteiger partial charge in [-0.2, -0.15) is 0 Å². The molecule has 4 heterocycles. The Morgan fingerprint density at radius 1 is 0.963 bits per heavy atom. The van der Waals surface area contributed by atoms with Crippen LogP contribution in [0.2, 0.25) is 0 Å². The van der Waals surface area contributed by atoms with E-state index in [4.69, 9.17) is 10.7 Å². The summed E-state index contributed by atoms with van der Waals surface area (Å²) in [5.41, 5.74) is 7.81. The zero-order valence-corrected chi connectivity index (χ0v) is 15.5. The van der Waals surface area contributed by atoms with Crippen LogP contribution in [0.1, 0.15) is 29.6 Å². The minimum Gasteiger partial charge on any atom is -0.366 e. The summed E-state index contributed by atoms with van der Waals surface area (Å²) in [6, 6.07) is 7.59. The lowest BCUT2D eigenvalue weighted by molar-refractivity contribution is 0.1000. The Morgan fingerprint density at radius 3 is 2.44 bits per heavy atom. The van der Waals surface area contributed by atoms with E-state index in [1.165, 1.54) is 19.3 Å². The molecule has 0 aromatic carbocycles. The van der Waals surface area contributed by atoms with E-state index >= 15 is 0 Å². The van der Waals surface area contributed by atoms with Crippen molar-refractivity contribution in [3.8, 4) is 11.3 Å². The molecule has 3 N–H and O–H groups in total. The highest BCUT2D eigenvalue weighted by Gasteiger charge is 2.17. The topological polar surface area (TPSA) is 87.4 Å². The van der Waals surface area contributed by atoms with Gasteiger partial charge in [0.1, 0.15) is 11.6 Å². The second-order valence-electron chi connectivity index (χ2n) is 7.15. The van der Waals surface area contributed by atoms with Gasteiger partial charge in [0, 0.05) is 56.6 Å². The lowest BCUT2D eigenvalue weighted by Crippen LogP contribution is -2.44. The summed E-state index contributed by atoms with van der Waals surface area (Å²) in [5, 5.41) is 3.34. The molecule has 27 heavy (non-hydrogen) atoms. The number of piperidine rings is 1. The van der Waals surface area contributed by atoms with E-state index < -0.39 is 5.91 Å². The molecule has 2 saturated heterocycles. The molecule has 2 aromatic rings. The largest absolute Gasteiger partial charge is 0.366 e. The Labute approximate surface area is 159 Å². The van der Waals surface area contributed by atoms with Crippen LogP contribution < -0.4 is 20.9 Å². The molecule has 2 aliphatic rings. The van der Waals surface area contributed by atoms with Gasteiger partial charge < -0.3 is 20.9 Å². The molecular formula is C20H26N6O. The average molecular weight is 366 g/mol. The summed E-state index contributed by atoms with van der Waals surface area (Å²) in [6.45, 7) is 5.63. The van der Waals surface area contributed by atoms with E-state index in [2.05, 4.69) is 26.2 Å². The summed E-state index contributed by atoms with van der Waals surface area (Å²) >= 11 is 0. The van der Waals surface area contributed by atoms with E-state index in [1.54, 1.807) is 12.1 Å². The number of hydrogen-bond acceptors (Lipinski definition) is 6. The second-order valence-corrected chi connectivity index (χ2v) is 7.15. The Hall–Kier alpha value is -2.67. The molecule has 7 nitrogen and oxygen atoms in total. The third-order valence-electron chi connectivity index (χ3n) is 5.26. The number of nitrogens with zero attached hydrogens (tertiary/aromatic N) is 4. The molecule has 2 aliphatic heterocycles. The lowest BCUT2D eigenvalue weighted by Gasteiger charge is -2.29. The van der Waals surface area contributed by atoms with Crippen molar-refractivity contribution in [1.82, 2.24) is 15.3 Å². The number of nitrogens with one attached hydrogen (secondary N) is 1. The van der Waals surface area contributed by atoms with E-state index in [9.17, 15) is 4.79 Å². The van der Waals surface area contributed by atoms with Crippen LogP contribution >= 0.6 is 0 Å². The summed E-state index contributed by atoms with van der Waals surface area (Å²) in [5.74, 6) is 1.35. The Kier molecular flexibility index (Phi) is 5.20. The van der Waals surface area contributed by atoms with Gasteiger partial charge >= 0.3 is 0 Å². The van der Waals surface area contributed by atoms with Gasteiger partial charge in [0.2, 0.25) is 5.91 Å². The number of primary amides is 1. The molecule has 0 unspecified atom stereocenters. The van der Waals surface area contributed by atoms with Gasteiger partial charge in [-0.25, -0.2) is 9.97 Å². The number of carbonyl (C=O) groups is 1. The number of hydrogen-bond donors (Lipinski definition) is 2. The Bertz CT molecular complexity index is 812. The minimum absolute atomic E-state index is 0.430. The van der Waals surface area contributed by atoms with Gasteiger partial charge in [0.05, 0.1) is 5.69 Å². The first-order valence-corrected chi connectivity index (χ1v) is 9.70. The summed E-state index contributed by atoms with van der Waals surface area (Å²) in [4.78, 5) is 25.8. The highest BCUT2D eigenvalue weighted by molar-refractivity contribution is 5.94. The molecule has 1 amide bonds. The van der Waals surface area contributed by atoms with E-state index in [0.717, 1.165) is 62.2 Å². The molecule has 0 spiro atoms. The van der Waals surface area contributed by atoms with Crippen LogP contribution in [-0.4, -0.2) is 55.1 Å². The van der Waals surface area contributed by atoms with Gasteiger partial charge in [-0.05, 0) is 43.5 Å². The fraction of sp³-hybridized carbons (Fsp3) is 0.450. The lowest BCUT2D eigenvalue weighted by atomic mass is 10.1. The van der Waals surface area contributed by atoms with Gasteiger partial charge in [-0.1, -0.05) is 0 Å². The van der Waals surface area contributed by atoms with Gasteiger partial charge in [0.15, 0.2) is 0 Å². The van der Waals surface area contributed by atoms with Crippen molar-refractivity contribution in [3.63, 3.8) is 0 Å². The van der Waals surface area contributed by atoms with Crippen molar-refractivity contribution in [2.75, 3.05) is 49.1 Å². The number of anilines is 2. The van der Waals surface area contributed by atoms with E-state index in [0.29, 0.717) is 5.56 Å². The molecule has 2 aromatic heterocycles. The van der Waals surface area contributed by atoms with Crippen LogP contribution in [0.25, 0.3) is 11.3 Å². The summed E-state index contributed by atoms with van der Waals surface area (Å²) in [6.07, 6.45) is 5.51. The number of carbonyl (C=O) groups excluding carboxylic acids is 1. The first-order valence-electron chi connectivity index (χ1n) is 9.70. The number of amides is 1. The first kappa shape index (κ1) is 17.7. The molecule has 7 heteroatoms. The predicted molar refractivity (Wildman–Crippen MR) is 107 cm³/mol. The average Bonchev–Trinajstić information content (AvgIpc) is 2.75. The van der Waals surface area contributed by atoms with E-state index in [1.807, 2.05) is 12.3 Å². The maximum atomic E-state index is 11.9. The zero-order valence-electron chi connectivity index (χ0n) is 15.5. The Balaban J connectivity index is 1.69. The molecule has 0 atom stereocenters. The van der Waals surface area contributed by atoms with Crippen molar-refractivity contribution in [1.29, 1.82) is 0 Å². The molecule has 0 aliphatic carbocycles. The third kappa shape index (κ3) is 4.03. The maximum Gasteiger partial charge on any atom is 0.248 e. The van der Waals surface area contributed by atoms with Crippen LogP contribution in [0.4, 0.5) is 11.6 Å². The number of aromatic nitrogens is 2. The molecule has 0 saturated carbocycles. The van der Waals surface area contributed by atoms with Gasteiger partial charge in [-0.15, -0.1) is 0 Å². The highest BCUT2D eigenvalue weighted by Crippen LogP contribution is 2.27. The number of nitrogens with two attached hydrogens (primary N) is 1. The number of pyridine rings is 2. The van der Waals surface area contributed by atoms with E-state index in [-0.39, 0.29) is 0 Å². The van der Waals surface area contributed by atoms with Crippen molar-refractivity contribution in [3.05, 3.63) is 36.0 Å². The summed E-state index contributed by atoms with van der Waals surface area (Å²) in [7, 11) is 0. The fourth-order valence-electron chi connectivity index (χ4n) is 3.74. The van der Waals surface area contributed by atoms with Crippen LogP contribution in [0.5, 0.6) is 0 Å². The van der Waals surface area contributed by atoms with Crippen molar-refractivity contribution < 1.29 is 4.79 Å². The van der Waals surface area contributed by atoms with Crippen LogP contribution in [-0.2, 0) is 0 Å². The fourth-order valence-corrected chi connectivity index (χ4v) is 3.74. The van der Waals surface area contributed by atoms with Gasteiger partial charge in [-0.3, -0.25) is 4.79 Å². The van der Waals surface area contributed by atoms with Crippen LogP contribution in [0.15, 0.2) is 30.5 Å². The zero-order chi connectivity index (χ0) is 18.6. The molecule has 142 valence electrons. The third-order valence-corrected chi connectivity index (χ3v) is 5.26. The SMILES string of the molecule is NC(=O)c1cc(-c2ccnc(N3CCCCC3)c2)nc(N2CCNCC2)c1. The standard InChI is InChI=1S/C20H26N6O/c21-20(27)16-12-17(24-19(14-16)26-10-6-22-7-11-26)15-4-5-23-18(13-15)25-8-2-1-3-9-25/h4-5,12-14,22H,1-3,6-11H2,(H2,21,27). The smallest absolute Gasteiger partial charge is 0.248 e. The van der Waals surface area contributed by atoms with Crippen molar-refractivity contribution in [2.45, 2.75) is 19.3 Å². The first-order chi connectivity index (χ1) is 13.2. The Morgan fingerprint density at radius 2 is 1.70 bits per heavy atom. The molecule has 0 radical (unpaired) electrons. The van der Waals surface area contributed by atoms with Crippen LogP contribution in [0.3, 0.4) is 0 Å². The predicted octanol–water partition coefficient (Wildman–Crippen LogP) is 1.64. The minimum atomic E-state index is -0.430. The summed E-state index contributed by atoms with van der Waals surface area (Å²) < 4.78 is 0. The van der Waals surface area contributed by atoms with Crippen molar-refractivity contribution in [2.24, 2.45) is 5.73 Å². The monoisotopic (exact) mass is 366 g/mol. The molecule has 0 bridgehead atoms.